The van der Waals surface area contributed by atoms with Crippen LogP contribution in [-0.4, -0.2) is 25.5 Å². The van der Waals surface area contributed by atoms with Crippen molar-refractivity contribution in [3.05, 3.63) is 35.4 Å². The summed E-state index contributed by atoms with van der Waals surface area (Å²) >= 11 is 0. The molecule has 1 aromatic rings. The van der Waals surface area contributed by atoms with Crippen LogP contribution in [0.2, 0.25) is 0 Å². The van der Waals surface area contributed by atoms with Gasteiger partial charge in [-0.25, -0.2) is 0 Å². The van der Waals surface area contributed by atoms with Crippen LogP contribution in [0.5, 0.6) is 0 Å². The molecule has 3 heteroatoms. The van der Waals surface area contributed by atoms with Crippen LogP contribution in [0.1, 0.15) is 37.3 Å². The molecule has 0 bridgehead atoms. The molecule has 3 nitrogen and oxygen atoms in total. The molecule has 1 saturated heterocycles. The normalized spacial score (nSPS) is 17.7. The van der Waals surface area contributed by atoms with E-state index in [0.29, 0.717) is 6.42 Å². The number of amides is 1. The molecule has 1 aliphatic rings. The lowest BCUT2D eigenvalue weighted by Crippen LogP contribution is -2.42. The first-order valence-electron chi connectivity index (χ1n) is 7.60. The second-order valence-corrected chi connectivity index (χ2v) is 6.33. The Labute approximate surface area is 122 Å². The van der Waals surface area contributed by atoms with E-state index in [4.69, 9.17) is 0 Å². The highest BCUT2D eigenvalue weighted by molar-refractivity contribution is 5.76. The summed E-state index contributed by atoms with van der Waals surface area (Å²) in [6.45, 7) is 7.29. The van der Waals surface area contributed by atoms with Gasteiger partial charge in [-0.15, -0.1) is 0 Å². The number of nitrogens with one attached hydrogen (secondary N) is 2. The molecule has 1 fully saturated rings. The van der Waals surface area contributed by atoms with E-state index in [2.05, 4.69) is 48.7 Å². The molecule has 0 atom stereocenters. The number of hydrogen-bond acceptors (Lipinski definition) is 2. The molecule has 0 radical (unpaired) electrons. The van der Waals surface area contributed by atoms with Crippen LogP contribution >= 0.6 is 0 Å². The van der Waals surface area contributed by atoms with Crippen LogP contribution in [0.25, 0.3) is 0 Å². The Hall–Kier alpha value is -1.35. The van der Waals surface area contributed by atoms with E-state index in [1.807, 2.05) is 0 Å². The lowest BCUT2D eigenvalue weighted by Gasteiger charge is -2.34. The van der Waals surface area contributed by atoms with Gasteiger partial charge in [0.25, 0.3) is 0 Å². The summed E-state index contributed by atoms with van der Waals surface area (Å²) in [5, 5.41) is 6.48. The zero-order valence-electron chi connectivity index (χ0n) is 12.7. The molecule has 0 aliphatic carbocycles. The third kappa shape index (κ3) is 4.64. The molecule has 0 aromatic heterocycles. The second-order valence-electron chi connectivity index (χ2n) is 6.33. The molecule has 0 spiro atoms. The van der Waals surface area contributed by atoms with Gasteiger partial charge in [-0.1, -0.05) is 36.8 Å². The zero-order chi connectivity index (χ0) is 14.4. The minimum absolute atomic E-state index is 0.172. The maximum Gasteiger partial charge on any atom is 0.220 e. The van der Waals surface area contributed by atoms with Crippen LogP contribution in [0, 0.1) is 12.3 Å². The first-order chi connectivity index (χ1) is 9.57. The molecule has 0 saturated carbocycles. The highest BCUT2D eigenvalue weighted by Crippen LogP contribution is 2.26. The maximum absolute atomic E-state index is 12.0. The lowest BCUT2D eigenvalue weighted by atomic mass is 9.81. The van der Waals surface area contributed by atoms with E-state index in [9.17, 15) is 4.79 Å². The molecule has 1 amide bonds. The van der Waals surface area contributed by atoms with Gasteiger partial charge in [0, 0.05) is 13.0 Å². The summed E-state index contributed by atoms with van der Waals surface area (Å²) < 4.78 is 0. The van der Waals surface area contributed by atoms with Crippen LogP contribution < -0.4 is 10.6 Å². The highest BCUT2D eigenvalue weighted by atomic mass is 16.1. The number of rotatable bonds is 5. The monoisotopic (exact) mass is 274 g/mol. The summed E-state index contributed by atoms with van der Waals surface area (Å²) in [5.41, 5.74) is 2.77. The van der Waals surface area contributed by atoms with Crippen molar-refractivity contribution in [3.63, 3.8) is 0 Å². The van der Waals surface area contributed by atoms with Gasteiger partial charge in [0.1, 0.15) is 0 Å². The Morgan fingerprint density at radius 3 is 2.80 bits per heavy atom. The maximum atomic E-state index is 12.0. The SMILES string of the molecule is Cc1cccc(CCC(=O)NCC2(C)CCNCC2)c1. The molecule has 1 heterocycles. The molecular weight excluding hydrogens is 248 g/mol. The van der Waals surface area contributed by atoms with Crippen molar-refractivity contribution < 1.29 is 4.79 Å². The summed E-state index contributed by atoms with van der Waals surface area (Å²) in [7, 11) is 0. The van der Waals surface area contributed by atoms with Gasteiger partial charge in [0.15, 0.2) is 0 Å². The van der Waals surface area contributed by atoms with Crippen LogP contribution in [-0.2, 0) is 11.2 Å². The van der Waals surface area contributed by atoms with Crippen molar-refractivity contribution in [2.24, 2.45) is 5.41 Å². The predicted octanol–water partition coefficient (Wildman–Crippen LogP) is 2.43. The molecular formula is C17H26N2O. The number of carbonyl (C=O) groups is 1. The lowest BCUT2D eigenvalue weighted by molar-refractivity contribution is -0.121. The standard InChI is InChI=1S/C17H26N2O/c1-14-4-3-5-15(12-14)6-7-16(20)19-13-17(2)8-10-18-11-9-17/h3-5,12,18H,6-11,13H2,1-2H3,(H,19,20). The fourth-order valence-electron chi connectivity index (χ4n) is 2.73. The largest absolute Gasteiger partial charge is 0.356 e. The third-order valence-electron chi connectivity index (χ3n) is 4.25. The predicted molar refractivity (Wildman–Crippen MR) is 82.7 cm³/mol. The van der Waals surface area contributed by atoms with Crippen LogP contribution in [0.3, 0.4) is 0 Å². The first kappa shape index (κ1) is 15.0. The van der Waals surface area contributed by atoms with Crippen molar-refractivity contribution >= 4 is 5.91 Å². The van der Waals surface area contributed by atoms with Gasteiger partial charge in [-0.05, 0) is 50.3 Å². The first-order valence-corrected chi connectivity index (χ1v) is 7.60. The summed E-state index contributed by atoms with van der Waals surface area (Å²) in [6, 6.07) is 8.38. The van der Waals surface area contributed by atoms with E-state index in [-0.39, 0.29) is 11.3 Å². The second kappa shape index (κ2) is 6.89. The average molecular weight is 274 g/mol. The van der Waals surface area contributed by atoms with Crippen LogP contribution in [0.4, 0.5) is 0 Å². The van der Waals surface area contributed by atoms with Gasteiger partial charge in [0.05, 0.1) is 0 Å². The molecule has 1 aliphatic heterocycles. The fourth-order valence-corrected chi connectivity index (χ4v) is 2.73. The number of aryl methyl sites for hydroxylation is 2. The minimum atomic E-state index is 0.172. The fraction of sp³-hybridized carbons (Fsp3) is 0.588. The topological polar surface area (TPSA) is 41.1 Å². The Bertz CT molecular complexity index is 450. The number of benzene rings is 1. The Kier molecular flexibility index (Phi) is 5.18. The molecule has 0 unspecified atom stereocenters. The summed E-state index contributed by atoms with van der Waals surface area (Å²) in [6.07, 6.45) is 3.69. The Balaban J connectivity index is 1.72. The molecule has 110 valence electrons. The van der Waals surface area contributed by atoms with E-state index in [1.165, 1.54) is 11.1 Å². The Morgan fingerprint density at radius 2 is 2.10 bits per heavy atom. The van der Waals surface area contributed by atoms with E-state index >= 15 is 0 Å². The van der Waals surface area contributed by atoms with Gasteiger partial charge >= 0.3 is 0 Å². The van der Waals surface area contributed by atoms with Gasteiger partial charge in [-0.2, -0.15) is 0 Å². The van der Waals surface area contributed by atoms with Crippen molar-refractivity contribution in [1.29, 1.82) is 0 Å². The third-order valence-corrected chi connectivity index (χ3v) is 4.25. The van der Waals surface area contributed by atoms with Gasteiger partial charge in [-0.3, -0.25) is 4.79 Å². The average Bonchev–Trinajstić information content (AvgIpc) is 2.44. The Morgan fingerprint density at radius 1 is 1.35 bits per heavy atom. The van der Waals surface area contributed by atoms with Crippen molar-refractivity contribution in [2.75, 3.05) is 19.6 Å². The number of hydrogen-bond donors (Lipinski definition) is 2. The summed E-state index contributed by atoms with van der Waals surface area (Å²) in [5.74, 6) is 0.172. The molecule has 1 aromatic carbocycles. The van der Waals surface area contributed by atoms with Gasteiger partial charge in [0.2, 0.25) is 5.91 Å². The minimum Gasteiger partial charge on any atom is -0.356 e. The van der Waals surface area contributed by atoms with Crippen LogP contribution in [0.15, 0.2) is 24.3 Å². The van der Waals surface area contributed by atoms with Crippen molar-refractivity contribution in [2.45, 2.75) is 39.5 Å². The molecule has 2 N–H and O–H groups in total. The zero-order valence-corrected chi connectivity index (χ0v) is 12.7. The van der Waals surface area contributed by atoms with Crippen molar-refractivity contribution in [3.8, 4) is 0 Å². The smallest absolute Gasteiger partial charge is 0.220 e. The molecule has 20 heavy (non-hydrogen) atoms. The van der Waals surface area contributed by atoms with Gasteiger partial charge < -0.3 is 10.6 Å². The van der Waals surface area contributed by atoms with E-state index in [1.54, 1.807) is 0 Å². The summed E-state index contributed by atoms with van der Waals surface area (Å²) in [4.78, 5) is 12.0. The highest BCUT2D eigenvalue weighted by Gasteiger charge is 2.26. The quantitative estimate of drug-likeness (QED) is 0.866. The number of carbonyl (C=O) groups excluding carboxylic acids is 1. The number of piperidine rings is 1. The molecule has 2 rings (SSSR count). The van der Waals surface area contributed by atoms with Crippen molar-refractivity contribution in [1.82, 2.24) is 10.6 Å². The van der Waals surface area contributed by atoms with E-state index < -0.39 is 0 Å². The van der Waals surface area contributed by atoms with E-state index in [0.717, 1.165) is 38.9 Å².